The van der Waals surface area contributed by atoms with Crippen LogP contribution in [0.5, 0.6) is 0 Å². The number of carbonyl (C=O) groups is 6. The third kappa shape index (κ3) is 32.7. The minimum absolute atomic E-state index is 0.0117. The smallest absolute Gasteiger partial charge is 0.329 e. The summed E-state index contributed by atoms with van der Waals surface area (Å²) in [7, 11) is 0. The van der Waals surface area contributed by atoms with E-state index in [0.717, 1.165) is 38.5 Å². The topological polar surface area (TPSA) is 196 Å². The molecule has 0 saturated heterocycles. The number of carboxylic acids is 1. The van der Waals surface area contributed by atoms with Gasteiger partial charge in [-0.3, -0.25) is 19.2 Å². The highest BCUT2D eigenvalue weighted by Crippen LogP contribution is 2.16. The summed E-state index contributed by atoms with van der Waals surface area (Å²) in [6.45, 7) is 14.2. The van der Waals surface area contributed by atoms with Crippen LogP contribution in [0.4, 0.5) is 0 Å². The molecule has 14 heteroatoms. The molecule has 0 radical (unpaired) electrons. The van der Waals surface area contributed by atoms with Crippen LogP contribution in [0.2, 0.25) is 0 Å². The lowest BCUT2D eigenvalue weighted by Gasteiger charge is -2.26. The second-order valence-corrected chi connectivity index (χ2v) is 16.7. The molecule has 320 valence electrons. The van der Waals surface area contributed by atoms with Crippen LogP contribution in [-0.2, 0) is 47.7 Å². The normalized spacial score (nSPS) is 12.4. The Labute approximate surface area is 330 Å². The maximum absolute atomic E-state index is 12.9. The van der Waals surface area contributed by atoms with Gasteiger partial charge in [0.15, 0.2) is 0 Å². The van der Waals surface area contributed by atoms with Gasteiger partial charge in [0.05, 0.1) is 19.8 Å². The van der Waals surface area contributed by atoms with Crippen LogP contribution in [-0.4, -0.2) is 96.5 Å². The number of aliphatic carboxylic acids is 1. The summed E-state index contributed by atoms with van der Waals surface area (Å²) >= 11 is 0. The summed E-state index contributed by atoms with van der Waals surface area (Å²) in [5.74, 6) is -2.95. The lowest BCUT2D eigenvalue weighted by molar-refractivity contribution is -0.159. The van der Waals surface area contributed by atoms with Gasteiger partial charge in [-0.2, -0.15) is 0 Å². The molecule has 14 nitrogen and oxygen atoms in total. The molecule has 0 fully saturated rings. The van der Waals surface area contributed by atoms with Gasteiger partial charge in [0.1, 0.15) is 29.4 Å². The Hall–Kier alpha value is -3.26. The lowest BCUT2D eigenvalue weighted by Crippen LogP contribution is -2.55. The van der Waals surface area contributed by atoms with E-state index >= 15 is 0 Å². The second-order valence-electron chi connectivity index (χ2n) is 16.7. The summed E-state index contributed by atoms with van der Waals surface area (Å²) < 4.78 is 21.0. The number of esters is 2. The van der Waals surface area contributed by atoms with E-state index in [9.17, 15) is 28.8 Å². The van der Waals surface area contributed by atoms with Gasteiger partial charge in [0, 0.05) is 25.8 Å². The molecule has 0 aromatic carbocycles. The molecule has 0 heterocycles. The first-order valence-electron chi connectivity index (χ1n) is 20.4. The fraction of sp³-hybridized carbons (Fsp3) is 0.854. The summed E-state index contributed by atoms with van der Waals surface area (Å²) in [6, 6.07) is -1.00. The molecule has 3 amide bonds. The van der Waals surface area contributed by atoms with Crippen LogP contribution >= 0.6 is 0 Å². The van der Waals surface area contributed by atoms with Crippen molar-refractivity contribution in [3.05, 3.63) is 0 Å². The standard InChI is InChI=1S/C41H75N3O11/c1-39(2,3)54-36(49)24-22-20-18-16-14-12-10-9-11-13-15-17-19-21-23-33(45)43-32(37(50)55-40(4,5)6)25-26-34(46)44-41(7,8)38(51)42-27-28-52-29-30-53-31-35(47)48/h32H,9-31H2,1-8H3,(H,42,51)(H,43,45)(H,44,46)(H,47,48)/t32-/m0/s1. The van der Waals surface area contributed by atoms with Gasteiger partial charge >= 0.3 is 17.9 Å². The van der Waals surface area contributed by atoms with Crippen molar-refractivity contribution in [2.24, 2.45) is 0 Å². The first-order valence-corrected chi connectivity index (χ1v) is 20.4. The summed E-state index contributed by atoms with van der Waals surface area (Å²) in [5.41, 5.74) is -2.43. The fourth-order valence-corrected chi connectivity index (χ4v) is 5.54. The number of hydrogen-bond donors (Lipinski definition) is 4. The molecule has 0 unspecified atom stereocenters. The van der Waals surface area contributed by atoms with E-state index in [2.05, 4.69) is 16.0 Å². The van der Waals surface area contributed by atoms with Crippen molar-refractivity contribution in [2.45, 2.75) is 194 Å². The third-order valence-electron chi connectivity index (χ3n) is 8.29. The number of carbonyl (C=O) groups excluding carboxylic acids is 5. The van der Waals surface area contributed by atoms with E-state index in [1.165, 1.54) is 44.9 Å². The van der Waals surface area contributed by atoms with Crippen LogP contribution in [0, 0.1) is 0 Å². The molecule has 0 saturated carbocycles. The largest absolute Gasteiger partial charge is 0.480 e. The highest BCUT2D eigenvalue weighted by molar-refractivity contribution is 5.91. The first kappa shape index (κ1) is 51.7. The molecular formula is C41H75N3O11. The molecule has 0 spiro atoms. The zero-order chi connectivity index (χ0) is 41.8. The van der Waals surface area contributed by atoms with Crippen LogP contribution in [0.1, 0.15) is 171 Å². The molecule has 0 aromatic rings. The molecule has 0 rings (SSSR count). The predicted octanol–water partition coefficient (Wildman–Crippen LogP) is 6.31. The summed E-state index contributed by atoms with van der Waals surface area (Å²) in [5, 5.41) is 16.7. The summed E-state index contributed by atoms with van der Waals surface area (Å²) in [4.78, 5) is 73.4. The maximum atomic E-state index is 12.9. The van der Waals surface area contributed by atoms with Gasteiger partial charge in [0.25, 0.3) is 0 Å². The number of carboxylic acid groups (broad SMARTS) is 1. The van der Waals surface area contributed by atoms with Crippen LogP contribution in [0.25, 0.3) is 0 Å². The minimum Gasteiger partial charge on any atom is -0.480 e. The van der Waals surface area contributed by atoms with Gasteiger partial charge in [-0.1, -0.05) is 77.0 Å². The zero-order valence-electron chi connectivity index (χ0n) is 35.4. The quantitative estimate of drug-likeness (QED) is 0.0441. The molecule has 1 atom stereocenters. The van der Waals surface area contributed by atoms with E-state index in [1.807, 2.05) is 20.8 Å². The number of unbranched alkanes of at least 4 members (excludes halogenated alkanes) is 13. The Bertz CT molecular complexity index is 1130. The van der Waals surface area contributed by atoms with Gasteiger partial charge < -0.3 is 40.0 Å². The van der Waals surface area contributed by atoms with Gasteiger partial charge in [0.2, 0.25) is 17.7 Å². The van der Waals surface area contributed by atoms with Crippen molar-refractivity contribution in [3.8, 4) is 0 Å². The molecule has 0 aromatic heterocycles. The highest BCUT2D eigenvalue weighted by Gasteiger charge is 2.31. The second kappa shape index (κ2) is 29.0. The first-order chi connectivity index (χ1) is 25.7. The Morgan fingerprint density at radius 1 is 0.564 bits per heavy atom. The molecule has 0 aliphatic carbocycles. The minimum atomic E-state index is -1.25. The van der Waals surface area contributed by atoms with Crippen molar-refractivity contribution >= 4 is 35.6 Å². The maximum Gasteiger partial charge on any atom is 0.329 e. The van der Waals surface area contributed by atoms with E-state index in [-0.39, 0.29) is 57.5 Å². The molecule has 4 N–H and O–H groups in total. The average molecular weight is 786 g/mol. The van der Waals surface area contributed by atoms with Crippen molar-refractivity contribution in [1.29, 1.82) is 0 Å². The fourth-order valence-electron chi connectivity index (χ4n) is 5.54. The van der Waals surface area contributed by atoms with Gasteiger partial charge in [-0.25, -0.2) is 9.59 Å². The Balaban J connectivity index is 4.29. The Morgan fingerprint density at radius 2 is 1.04 bits per heavy atom. The van der Waals surface area contributed by atoms with E-state index in [0.29, 0.717) is 12.8 Å². The van der Waals surface area contributed by atoms with Crippen LogP contribution < -0.4 is 16.0 Å². The van der Waals surface area contributed by atoms with Crippen LogP contribution in [0.15, 0.2) is 0 Å². The highest BCUT2D eigenvalue weighted by atomic mass is 16.6. The predicted molar refractivity (Wildman–Crippen MR) is 211 cm³/mol. The average Bonchev–Trinajstić information content (AvgIpc) is 3.05. The third-order valence-corrected chi connectivity index (χ3v) is 8.29. The van der Waals surface area contributed by atoms with Crippen molar-refractivity contribution in [2.75, 3.05) is 33.0 Å². The Morgan fingerprint density at radius 3 is 1.53 bits per heavy atom. The lowest BCUT2D eigenvalue weighted by atomic mass is 10.0. The molecule has 0 aliphatic rings. The number of ether oxygens (including phenoxy) is 4. The molecule has 0 bridgehead atoms. The SMILES string of the molecule is CC(C)(C)OC(=O)CCCCCCCCCCCCCCCCC(=O)N[C@@H](CCC(=O)NC(C)(C)C(=O)NCCOCCOCC(=O)O)C(=O)OC(C)(C)C. The number of nitrogens with one attached hydrogen (secondary N) is 3. The number of hydrogen-bond acceptors (Lipinski definition) is 10. The summed E-state index contributed by atoms with van der Waals surface area (Å²) in [6.07, 6.45) is 16.2. The van der Waals surface area contributed by atoms with Gasteiger partial charge in [-0.05, 0) is 74.7 Å². The van der Waals surface area contributed by atoms with E-state index in [4.69, 9.17) is 24.1 Å². The van der Waals surface area contributed by atoms with Crippen molar-refractivity contribution < 1.29 is 52.8 Å². The van der Waals surface area contributed by atoms with Crippen molar-refractivity contribution in [1.82, 2.24) is 16.0 Å². The van der Waals surface area contributed by atoms with E-state index in [1.54, 1.807) is 34.6 Å². The monoisotopic (exact) mass is 786 g/mol. The van der Waals surface area contributed by atoms with Crippen molar-refractivity contribution in [3.63, 3.8) is 0 Å². The number of amides is 3. The zero-order valence-corrected chi connectivity index (χ0v) is 35.4. The number of rotatable bonds is 32. The van der Waals surface area contributed by atoms with Gasteiger partial charge in [-0.15, -0.1) is 0 Å². The Kier molecular flexibility index (Phi) is 27.3. The van der Waals surface area contributed by atoms with Crippen LogP contribution in [0.3, 0.4) is 0 Å². The van der Waals surface area contributed by atoms with E-state index < -0.39 is 53.1 Å². The molecular weight excluding hydrogens is 710 g/mol. The molecule has 55 heavy (non-hydrogen) atoms. The molecule has 0 aliphatic heterocycles.